The van der Waals surface area contributed by atoms with E-state index in [0.29, 0.717) is 56.3 Å². The molecule has 7 atom stereocenters. The molecule has 5 aliphatic rings. The second-order valence-corrected chi connectivity index (χ2v) is 13.1. The number of nitrogens with one attached hydrogen (secondary N) is 2. The van der Waals surface area contributed by atoms with Crippen molar-refractivity contribution in [1.82, 2.24) is 30.2 Å². The van der Waals surface area contributed by atoms with Gasteiger partial charge in [-0.15, -0.1) is 0 Å². The minimum absolute atomic E-state index is 0.0251. The lowest BCUT2D eigenvalue weighted by atomic mass is 9.66. The third-order valence-corrected chi connectivity index (χ3v) is 10.8. The first-order valence-corrected chi connectivity index (χ1v) is 15.7. The monoisotopic (exact) mass is 593 g/mol. The van der Waals surface area contributed by atoms with E-state index in [0.717, 1.165) is 32.2 Å². The number of benzene rings is 1. The Bertz CT molecular complexity index is 1290. The van der Waals surface area contributed by atoms with Crippen LogP contribution >= 0.6 is 0 Å². The standard InChI is InChI=1S/C32H44FN7O3/c1-4-28(41)40-16-15-39(19-21(40)11-13-34)29-24-10-12-32(17-25-23(30(42)38(32)3)8-5-9-26(25)33)18-27(24)35-31(36-29)43-20-22-7-6-14-37(22)2/h4-5,8-9,21-22,24,27,29,31,35-36H,1,6-7,10-12,14-20H2,2-3H3/t21-,22-,24?,27?,29?,31?,32-/m1/s1. The van der Waals surface area contributed by atoms with Crippen LogP contribution in [0.1, 0.15) is 54.4 Å². The van der Waals surface area contributed by atoms with Gasteiger partial charge in [0.15, 0.2) is 6.35 Å². The highest BCUT2D eigenvalue weighted by molar-refractivity contribution is 5.97. The van der Waals surface area contributed by atoms with E-state index in [2.05, 4.69) is 40.1 Å². The zero-order valence-electron chi connectivity index (χ0n) is 25.3. The van der Waals surface area contributed by atoms with Gasteiger partial charge < -0.3 is 19.4 Å². The van der Waals surface area contributed by atoms with Gasteiger partial charge in [-0.25, -0.2) is 4.39 Å². The molecule has 2 amide bonds. The Morgan fingerprint density at radius 1 is 1.23 bits per heavy atom. The zero-order valence-corrected chi connectivity index (χ0v) is 25.3. The Morgan fingerprint density at radius 3 is 2.81 bits per heavy atom. The number of halogens is 1. The molecule has 0 aromatic heterocycles. The molecule has 2 N–H and O–H groups in total. The molecule has 6 rings (SSSR count). The van der Waals surface area contributed by atoms with Crippen LogP contribution in [-0.2, 0) is 16.0 Å². The molecule has 1 saturated carbocycles. The minimum Gasteiger partial charge on any atom is -0.348 e. The summed E-state index contributed by atoms with van der Waals surface area (Å²) >= 11 is 0. The first-order valence-electron chi connectivity index (χ1n) is 15.7. The van der Waals surface area contributed by atoms with Crippen molar-refractivity contribution in [2.45, 2.75) is 81.1 Å². The van der Waals surface area contributed by atoms with Crippen molar-refractivity contribution >= 4 is 11.8 Å². The number of likely N-dealkylation sites (tertiary alicyclic amines) is 1. The molecule has 4 fully saturated rings. The molecular formula is C32H44FN7O3. The average Bonchev–Trinajstić information content (AvgIpc) is 3.43. The number of amides is 2. The molecule has 1 spiro atoms. The van der Waals surface area contributed by atoms with Crippen LogP contribution in [0.25, 0.3) is 0 Å². The molecule has 1 aromatic carbocycles. The highest BCUT2D eigenvalue weighted by Gasteiger charge is 2.53. The molecule has 232 valence electrons. The molecule has 3 saturated heterocycles. The van der Waals surface area contributed by atoms with Gasteiger partial charge in [-0.2, -0.15) is 5.26 Å². The molecule has 11 heteroatoms. The molecule has 4 unspecified atom stereocenters. The number of fused-ring (bicyclic) bond motifs is 2. The molecular weight excluding hydrogens is 549 g/mol. The van der Waals surface area contributed by atoms with E-state index in [1.165, 1.54) is 12.1 Å². The Kier molecular flexibility index (Phi) is 8.59. The SMILES string of the molecule is C=CC(=O)N1CCN(C2NC(OC[C@H]3CCCN3C)NC3C[C@@]4(CCC32)Cc2c(F)cccc2C(=O)N4C)C[C@H]1CC#N. The third kappa shape index (κ3) is 5.60. The van der Waals surface area contributed by atoms with Gasteiger partial charge in [0.25, 0.3) is 5.91 Å². The van der Waals surface area contributed by atoms with Crippen molar-refractivity contribution in [1.29, 1.82) is 5.26 Å². The molecule has 0 radical (unpaired) electrons. The molecule has 43 heavy (non-hydrogen) atoms. The quantitative estimate of drug-likeness (QED) is 0.482. The van der Waals surface area contributed by atoms with Crippen LogP contribution < -0.4 is 10.6 Å². The van der Waals surface area contributed by atoms with Gasteiger partial charge >= 0.3 is 0 Å². The van der Waals surface area contributed by atoms with E-state index in [1.807, 2.05) is 11.9 Å². The second-order valence-electron chi connectivity index (χ2n) is 13.1. The van der Waals surface area contributed by atoms with E-state index < -0.39 is 11.9 Å². The van der Waals surface area contributed by atoms with Gasteiger partial charge in [0.05, 0.1) is 31.3 Å². The Morgan fingerprint density at radius 2 is 2.07 bits per heavy atom. The number of nitriles is 1. The van der Waals surface area contributed by atoms with Gasteiger partial charge in [-0.3, -0.25) is 25.1 Å². The topological polar surface area (TPSA) is 104 Å². The van der Waals surface area contributed by atoms with E-state index in [4.69, 9.17) is 4.74 Å². The summed E-state index contributed by atoms with van der Waals surface area (Å²) in [5.41, 5.74) is 0.495. The fraction of sp³-hybridized carbons (Fsp3) is 0.656. The van der Waals surface area contributed by atoms with Crippen LogP contribution in [0, 0.1) is 23.1 Å². The summed E-state index contributed by atoms with van der Waals surface area (Å²) in [7, 11) is 4.00. The summed E-state index contributed by atoms with van der Waals surface area (Å²) in [6.07, 6.45) is 6.19. The smallest absolute Gasteiger partial charge is 0.254 e. The van der Waals surface area contributed by atoms with Crippen LogP contribution in [0.5, 0.6) is 0 Å². The maximum absolute atomic E-state index is 15.0. The molecule has 0 bridgehead atoms. The Balaban J connectivity index is 1.25. The van der Waals surface area contributed by atoms with E-state index in [9.17, 15) is 14.9 Å². The average molecular weight is 594 g/mol. The van der Waals surface area contributed by atoms with Crippen LogP contribution in [0.4, 0.5) is 4.39 Å². The van der Waals surface area contributed by atoms with Crippen LogP contribution in [-0.4, -0.2) is 114 Å². The lowest BCUT2D eigenvalue weighted by molar-refractivity contribution is -0.137. The zero-order chi connectivity index (χ0) is 30.3. The first-order chi connectivity index (χ1) is 20.7. The summed E-state index contributed by atoms with van der Waals surface area (Å²) in [5, 5.41) is 17.0. The molecule has 4 heterocycles. The van der Waals surface area contributed by atoms with Crippen LogP contribution in [0.2, 0.25) is 0 Å². The predicted molar refractivity (Wildman–Crippen MR) is 159 cm³/mol. The number of hydrogen-bond acceptors (Lipinski definition) is 8. The lowest BCUT2D eigenvalue weighted by Crippen LogP contribution is -2.74. The number of ether oxygens (including phenoxy) is 1. The molecule has 10 nitrogen and oxygen atoms in total. The Labute approximate surface area is 253 Å². The maximum Gasteiger partial charge on any atom is 0.254 e. The number of carbonyl (C=O) groups is 2. The number of piperazine rings is 1. The third-order valence-electron chi connectivity index (χ3n) is 10.8. The van der Waals surface area contributed by atoms with Gasteiger partial charge in [-0.1, -0.05) is 12.6 Å². The summed E-state index contributed by atoms with van der Waals surface area (Å²) in [6, 6.07) is 7.23. The predicted octanol–water partition coefficient (Wildman–Crippen LogP) is 1.89. The van der Waals surface area contributed by atoms with Crippen molar-refractivity contribution in [3.8, 4) is 6.07 Å². The summed E-state index contributed by atoms with van der Waals surface area (Å²) in [4.78, 5) is 34.4. The van der Waals surface area contributed by atoms with Crippen LogP contribution in [0.3, 0.4) is 0 Å². The second kappa shape index (κ2) is 12.3. The largest absolute Gasteiger partial charge is 0.348 e. The van der Waals surface area contributed by atoms with E-state index in [1.54, 1.807) is 17.0 Å². The van der Waals surface area contributed by atoms with E-state index in [-0.39, 0.29) is 48.2 Å². The fourth-order valence-electron chi connectivity index (χ4n) is 8.32. The van der Waals surface area contributed by atoms with Crippen molar-refractivity contribution in [2.75, 3.05) is 46.9 Å². The molecule has 1 aliphatic carbocycles. The molecule has 1 aromatic rings. The molecule has 4 aliphatic heterocycles. The van der Waals surface area contributed by atoms with Gasteiger partial charge in [0, 0.05) is 61.3 Å². The number of hydrogen-bond donors (Lipinski definition) is 2. The van der Waals surface area contributed by atoms with Crippen molar-refractivity contribution in [2.24, 2.45) is 5.92 Å². The van der Waals surface area contributed by atoms with Crippen molar-refractivity contribution in [3.63, 3.8) is 0 Å². The summed E-state index contributed by atoms with van der Waals surface area (Å²) in [6.45, 7) is 7.10. The highest BCUT2D eigenvalue weighted by Crippen LogP contribution is 2.45. The van der Waals surface area contributed by atoms with E-state index >= 15 is 4.39 Å². The maximum atomic E-state index is 15.0. The number of likely N-dealkylation sites (N-methyl/N-ethyl adjacent to an activating group) is 2. The lowest BCUT2D eigenvalue weighted by Gasteiger charge is -2.58. The van der Waals surface area contributed by atoms with Crippen LogP contribution in [0.15, 0.2) is 30.9 Å². The Hall–Kier alpha value is -2.88. The van der Waals surface area contributed by atoms with Gasteiger partial charge in [-0.05, 0) is 70.3 Å². The van der Waals surface area contributed by atoms with Crippen molar-refractivity contribution < 1.29 is 18.7 Å². The highest BCUT2D eigenvalue weighted by atomic mass is 19.1. The minimum atomic E-state index is -0.489. The number of carbonyl (C=O) groups excluding carboxylic acids is 2. The van der Waals surface area contributed by atoms with Crippen molar-refractivity contribution in [3.05, 3.63) is 47.8 Å². The first kappa shape index (κ1) is 30.2. The van der Waals surface area contributed by atoms with Gasteiger partial charge in [0.2, 0.25) is 5.91 Å². The number of rotatable bonds is 6. The normalized spacial score (nSPS) is 35.0. The van der Waals surface area contributed by atoms with Gasteiger partial charge in [0.1, 0.15) is 5.82 Å². The summed E-state index contributed by atoms with van der Waals surface area (Å²) < 4.78 is 21.5. The number of nitrogens with zero attached hydrogens (tertiary/aromatic N) is 5. The fourth-order valence-corrected chi connectivity index (χ4v) is 8.32. The summed E-state index contributed by atoms with van der Waals surface area (Å²) in [5.74, 6) is -0.373.